The molecule has 6 heteroatoms. The lowest BCUT2D eigenvalue weighted by Crippen LogP contribution is -2.27. The van der Waals surface area contributed by atoms with Crippen LogP contribution in [0.4, 0.5) is 5.69 Å². The molecule has 1 aromatic carbocycles. The number of nitrogens with one attached hydrogen (secondary N) is 1. The fraction of sp³-hybridized carbons (Fsp3) is 0.385. The maximum Gasteiger partial charge on any atom is 0.237 e. The summed E-state index contributed by atoms with van der Waals surface area (Å²) in [6, 6.07) is 6.91. The molecular formula is C13H17N3O2S. The van der Waals surface area contributed by atoms with Crippen molar-refractivity contribution >= 4 is 29.2 Å². The Bertz CT molecular complexity index is 467. The van der Waals surface area contributed by atoms with Gasteiger partial charge >= 0.3 is 0 Å². The molecule has 19 heavy (non-hydrogen) atoms. The zero-order valence-corrected chi connectivity index (χ0v) is 11.3. The number of amidine groups is 1. The summed E-state index contributed by atoms with van der Waals surface area (Å²) >= 11 is 1.72. The number of hydrogen-bond acceptors (Lipinski definition) is 4. The number of carbonyl (C=O) groups is 1. The van der Waals surface area contributed by atoms with Crippen LogP contribution >= 0.6 is 11.8 Å². The average Bonchev–Trinajstić information content (AvgIpc) is 2.48. The monoisotopic (exact) mass is 279 g/mol. The van der Waals surface area contributed by atoms with Crippen molar-refractivity contribution < 1.29 is 10.0 Å². The van der Waals surface area contributed by atoms with E-state index < -0.39 is 0 Å². The quantitative estimate of drug-likeness (QED) is 0.342. The predicted octanol–water partition coefficient (Wildman–Crippen LogP) is 2.01. The minimum absolute atomic E-state index is 0.0532. The fourth-order valence-corrected chi connectivity index (χ4v) is 3.15. The molecule has 0 spiro atoms. The van der Waals surface area contributed by atoms with Gasteiger partial charge in [0.05, 0.1) is 5.25 Å². The maximum absolute atomic E-state index is 12.0. The molecule has 2 rings (SSSR count). The highest BCUT2D eigenvalue weighted by Gasteiger charge is 2.21. The summed E-state index contributed by atoms with van der Waals surface area (Å²) in [6.45, 7) is 0. The van der Waals surface area contributed by atoms with E-state index in [0.717, 1.165) is 24.3 Å². The van der Waals surface area contributed by atoms with Gasteiger partial charge in [0.25, 0.3) is 0 Å². The topological polar surface area (TPSA) is 87.7 Å². The van der Waals surface area contributed by atoms with Crippen LogP contribution in [0.25, 0.3) is 0 Å². The first-order valence-corrected chi connectivity index (χ1v) is 7.26. The molecule has 1 heterocycles. The molecule has 1 aromatic rings. The summed E-state index contributed by atoms with van der Waals surface area (Å²) in [5.74, 6) is 1.17. The Labute approximate surface area is 116 Å². The zero-order valence-electron chi connectivity index (χ0n) is 10.5. The first kappa shape index (κ1) is 13.7. The van der Waals surface area contributed by atoms with Crippen molar-refractivity contribution in [2.45, 2.75) is 24.5 Å². The van der Waals surface area contributed by atoms with E-state index in [0.29, 0.717) is 5.56 Å². The fourth-order valence-electron chi connectivity index (χ4n) is 1.95. The first-order valence-electron chi connectivity index (χ1n) is 6.21. The molecule has 0 aliphatic carbocycles. The molecule has 1 amide bonds. The number of amides is 1. The largest absolute Gasteiger partial charge is 0.409 e. The number of carbonyl (C=O) groups excluding carboxylic acids is 1. The van der Waals surface area contributed by atoms with Crippen LogP contribution in [0.5, 0.6) is 0 Å². The lowest BCUT2D eigenvalue weighted by atomic mass is 10.1. The maximum atomic E-state index is 12.0. The van der Waals surface area contributed by atoms with Gasteiger partial charge in [-0.2, -0.15) is 0 Å². The van der Waals surface area contributed by atoms with Crippen molar-refractivity contribution in [3.8, 4) is 0 Å². The number of oxime groups is 1. The number of thioether (sulfide) groups is 1. The van der Waals surface area contributed by atoms with Gasteiger partial charge in [-0.3, -0.25) is 4.79 Å². The minimum atomic E-state index is 0.0532. The van der Waals surface area contributed by atoms with Gasteiger partial charge in [0.15, 0.2) is 5.84 Å². The smallest absolute Gasteiger partial charge is 0.237 e. The lowest BCUT2D eigenvalue weighted by Gasteiger charge is -2.20. The number of rotatable bonds is 3. The Balaban J connectivity index is 1.97. The molecule has 0 bridgehead atoms. The Morgan fingerprint density at radius 3 is 2.68 bits per heavy atom. The Kier molecular flexibility index (Phi) is 4.68. The van der Waals surface area contributed by atoms with Crippen LogP contribution in [0.1, 0.15) is 24.8 Å². The first-order chi connectivity index (χ1) is 9.20. The molecule has 0 aromatic heterocycles. The van der Waals surface area contributed by atoms with E-state index in [2.05, 4.69) is 10.5 Å². The van der Waals surface area contributed by atoms with Gasteiger partial charge in [-0.1, -0.05) is 11.6 Å². The van der Waals surface area contributed by atoms with Crippen LogP contribution in [0.2, 0.25) is 0 Å². The van der Waals surface area contributed by atoms with E-state index in [1.165, 1.54) is 6.42 Å². The normalized spacial score (nSPS) is 20.0. The van der Waals surface area contributed by atoms with Crippen LogP contribution in [-0.2, 0) is 4.79 Å². The molecule has 1 aliphatic heterocycles. The zero-order chi connectivity index (χ0) is 13.7. The Hall–Kier alpha value is -1.69. The molecule has 102 valence electrons. The van der Waals surface area contributed by atoms with E-state index in [1.807, 2.05) is 0 Å². The highest BCUT2D eigenvalue weighted by molar-refractivity contribution is 8.00. The van der Waals surface area contributed by atoms with E-state index >= 15 is 0 Å². The SMILES string of the molecule is N/C(=N/O)c1ccc(NC(=O)C2CCCCS2)cc1. The standard InChI is InChI=1S/C13H17N3O2S/c14-12(16-18)9-4-6-10(7-5-9)15-13(17)11-3-1-2-8-19-11/h4-7,11,18H,1-3,8H2,(H2,14,16)(H,15,17). The molecular weight excluding hydrogens is 262 g/mol. The molecule has 1 aliphatic rings. The van der Waals surface area contributed by atoms with Crippen LogP contribution < -0.4 is 11.1 Å². The van der Waals surface area contributed by atoms with Crippen LogP contribution in [0.3, 0.4) is 0 Å². The predicted molar refractivity (Wildman–Crippen MR) is 77.7 cm³/mol. The van der Waals surface area contributed by atoms with E-state index in [-0.39, 0.29) is 17.0 Å². The van der Waals surface area contributed by atoms with Gasteiger partial charge in [0.2, 0.25) is 5.91 Å². The molecule has 1 fully saturated rings. The molecule has 0 saturated carbocycles. The molecule has 1 unspecified atom stereocenters. The average molecular weight is 279 g/mol. The summed E-state index contributed by atoms with van der Waals surface area (Å²) in [4.78, 5) is 12.0. The number of hydrogen-bond donors (Lipinski definition) is 3. The van der Waals surface area contributed by atoms with Gasteiger partial charge in [0, 0.05) is 11.3 Å². The number of nitrogens with two attached hydrogens (primary N) is 1. The van der Waals surface area contributed by atoms with Gasteiger partial charge in [-0.15, -0.1) is 11.8 Å². The second-order valence-corrected chi connectivity index (χ2v) is 5.72. The third-order valence-corrected chi connectivity index (χ3v) is 4.40. The van der Waals surface area contributed by atoms with Crippen molar-refractivity contribution in [1.82, 2.24) is 0 Å². The van der Waals surface area contributed by atoms with Crippen molar-refractivity contribution in [3.05, 3.63) is 29.8 Å². The second kappa shape index (κ2) is 6.47. The summed E-state index contributed by atoms with van der Waals surface area (Å²) in [7, 11) is 0. The van der Waals surface area contributed by atoms with Crippen molar-refractivity contribution in [3.63, 3.8) is 0 Å². The van der Waals surface area contributed by atoms with Gasteiger partial charge in [-0.05, 0) is 42.9 Å². The van der Waals surface area contributed by atoms with Crippen LogP contribution in [0.15, 0.2) is 29.4 Å². The molecule has 1 saturated heterocycles. The third kappa shape index (κ3) is 3.64. The highest BCUT2D eigenvalue weighted by Crippen LogP contribution is 2.26. The van der Waals surface area contributed by atoms with Crippen LogP contribution in [-0.4, -0.2) is 28.0 Å². The third-order valence-electron chi connectivity index (χ3n) is 3.03. The van der Waals surface area contributed by atoms with Crippen molar-refractivity contribution in [2.24, 2.45) is 10.9 Å². The van der Waals surface area contributed by atoms with E-state index in [4.69, 9.17) is 10.9 Å². The molecule has 0 radical (unpaired) electrons. The summed E-state index contributed by atoms with van der Waals surface area (Å²) in [5, 5.41) is 14.4. The molecule has 1 atom stereocenters. The number of benzene rings is 1. The number of nitrogens with zero attached hydrogens (tertiary/aromatic N) is 1. The summed E-state index contributed by atoms with van der Waals surface area (Å²) in [5.41, 5.74) is 6.82. The lowest BCUT2D eigenvalue weighted by molar-refractivity contribution is -0.115. The van der Waals surface area contributed by atoms with Gasteiger partial charge < -0.3 is 16.3 Å². The second-order valence-electron chi connectivity index (χ2n) is 4.41. The molecule has 4 N–H and O–H groups in total. The Morgan fingerprint density at radius 1 is 1.37 bits per heavy atom. The minimum Gasteiger partial charge on any atom is -0.409 e. The summed E-state index contributed by atoms with van der Waals surface area (Å²) < 4.78 is 0. The van der Waals surface area contributed by atoms with Crippen molar-refractivity contribution in [2.75, 3.05) is 11.1 Å². The van der Waals surface area contributed by atoms with Crippen LogP contribution in [0, 0.1) is 0 Å². The van der Waals surface area contributed by atoms with E-state index in [9.17, 15) is 4.79 Å². The summed E-state index contributed by atoms with van der Waals surface area (Å²) in [6.07, 6.45) is 3.26. The number of anilines is 1. The Morgan fingerprint density at radius 2 is 2.11 bits per heavy atom. The highest BCUT2D eigenvalue weighted by atomic mass is 32.2. The van der Waals surface area contributed by atoms with Gasteiger partial charge in [0.1, 0.15) is 0 Å². The van der Waals surface area contributed by atoms with E-state index in [1.54, 1.807) is 36.0 Å². The molecule has 5 nitrogen and oxygen atoms in total. The van der Waals surface area contributed by atoms with Crippen molar-refractivity contribution in [1.29, 1.82) is 0 Å². The van der Waals surface area contributed by atoms with Gasteiger partial charge in [-0.25, -0.2) is 0 Å².